The van der Waals surface area contributed by atoms with E-state index in [4.69, 9.17) is 27.9 Å². The third-order valence-corrected chi connectivity index (χ3v) is 7.78. The average Bonchev–Trinajstić information content (AvgIpc) is 3.62. The Hall–Kier alpha value is -4.19. The Morgan fingerprint density at radius 1 is 1.10 bits per heavy atom. The highest BCUT2D eigenvalue weighted by atomic mass is 35.5. The molecule has 4 aromatic rings. The Labute approximate surface area is 235 Å². The van der Waals surface area contributed by atoms with Crippen LogP contribution in [0.3, 0.4) is 0 Å². The number of fused-ring (bicyclic) bond motifs is 1. The Kier molecular flexibility index (Phi) is 6.34. The normalized spacial score (nSPS) is 20.3. The van der Waals surface area contributed by atoms with Crippen molar-refractivity contribution in [1.82, 2.24) is 24.9 Å². The summed E-state index contributed by atoms with van der Waals surface area (Å²) in [6.07, 6.45) is 4.61. The number of benzene rings is 2. The molecule has 10 heteroatoms. The lowest BCUT2D eigenvalue weighted by Crippen LogP contribution is -2.45. The van der Waals surface area contributed by atoms with E-state index in [-0.39, 0.29) is 11.9 Å². The first-order valence-corrected chi connectivity index (χ1v) is 13.1. The summed E-state index contributed by atoms with van der Waals surface area (Å²) in [6, 6.07) is 20.1. The van der Waals surface area contributed by atoms with Crippen molar-refractivity contribution in [3.63, 3.8) is 0 Å². The van der Waals surface area contributed by atoms with Crippen molar-refractivity contribution in [2.75, 3.05) is 13.7 Å². The quantitative estimate of drug-likeness (QED) is 0.317. The highest BCUT2D eigenvalue weighted by molar-refractivity contribution is 6.35. The van der Waals surface area contributed by atoms with Crippen LogP contribution in [0, 0.1) is 11.3 Å². The van der Waals surface area contributed by atoms with Gasteiger partial charge in [-0.05, 0) is 53.6 Å². The summed E-state index contributed by atoms with van der Waals surface area (Å²) in [7, 11) is 1.58. The minimum absolute atomic E-state index is 0.146. The fraction of sp³-hybridized carbons (Fsp3) is 0.207. The van der Waals surface area contributed by atoms with Crippen LogP contribution in [-0.4, -0.2) is 50.0 Å². The third-order valence-electron chi connectivity index (χ3n) is 7.34. The average molecular weight is 557 g/mol. The fourth-order valence-corrected chi connectivity index (χ4v) is 6.22. The van der Waals surface area contributed by atoms with Crippen molar-refractivity contribution < 1.29 is 9.53 Å². The van der Waals surface area contributed by atoms with E-state index in [9.17, 15) is 10.1 Å². The van der Waals surface area contributed by atoms with Gasteiger partial charge in [0.15, 0.2) is 0 Å². The second kappa shape index (κ2) is 9.84. The van der Waals surface area contributed by atoms with Crippen LogP contribution < -0.4 is 0 Å². The zero-order valence-electron chi connectivity index (χ0n) is 20.9. The molecule has 6 rings (SSSR count). The van der Waals surface area contributed by atoms with Gasteiger partial charge in [-0.2, -0.15) is 5.26 Å². The van der Waals surface area contributed by atoms with Crippen molar-refractivity contribution >= 4 is 34.7 Å². The minimum atomic E-state index is -0.786. The third kappa shape index (κ3) is 4.34. The number of pyridine rings is 1. The number of aromatic nitrogens is 4. The molecule has 0 N–H and O–H groups in total. The van der Waals surface area contributed by atoms with E-state index in [1.165, 1.54) is 0 Å². The second-order valence-corrected chi connectivity index (χ2v) is 10.5. The molecule has 0 unspecified atom stereocenters. The molecule has 2 atom stereocenters. The van der Waals surface area contributed by atoms with Gasteiger partial charge in [-0.25, -0.2) is 4.68 Å². The van der Waals surface area contributed by atoms with E-state index < -0.39 is 5.54 Å². The molecule has 0 bridgehead atoms. The predicted octanol–water partition coefficient (Wildman–Crippen LogP) is 5.34. The smallest absolute Gasteiger partial charge is 0.258 e. The molecule has 2 aliphatic heterocycles. The van der Waals surface area contributed by atoms with Gasteiger partial charge in [-0.3, -0.25) is 9.78 Å². The maximum Gasteiger partial charge on any atom is 0.258 e. The summed E-state index contributed by atoms with van der Waals surface area (Å²) in [4.78, 5) is 20.3. The number of amides is 1. The van der Waals surface area contributed by atoms with Crippen LogP contribution in [0.4, 0.5) is 0 Å². The van der Waals surface area contributed by atoms with Gasteiger partial charge >= 0.3 is 0 Å². The topological polar surface area (TPSA) is 96.9 Å². The summed E-state index contributed by atoms with van der Waals surface area (Å²) in [6.45, 7) is 0.408. The molecular formula is C29H22Cl2N6O2. The Morgan fingerprint density at radius 3 is 2.54 bits per heavy atom. The van der Waals surface area contributed by atoms with Crippen LogP contribution in [0.5, 0.6) is 0 Å². The molecule has 39 heavy (non-hydrogen) atoms. The number of halogens is 2. The summed E-state index contributed by atoms with van der Waals surface area (Å²) in [5.74, 6) is 0.397. The lowest BCUT2D eigenvalue weighted by atomic mass is 9.85. The van der Waals surface area contributed by atoms with Gasteiger partial charge in [0, 0.05) is 35.6 Å². The molecule has 2 aromatic heterocycles. The van der Waals surface area contributed by atoms with E-state index >= 15 is 0 Å². The van der Waals surface area contributed by atoms with E-state index in [1.54, 1.807) is 48.3 Å². The Balaban J connectivity index is 1.44. The Bertz CT molecular complexity index is 1620. The van der Waals surface area contributed by atoms with Crippen LogP contribution in [0.2, 0.25) is 10.0 Å². The summed E-state index contributed by atoms with van der Waals surface area (Å²) in [5, 5.41) is 18.9. The molecule has 4 heterocycles. The van der Waals surface area contributed by atoms with Crippen LogP contribution in [0.25, 0.3) is 17.0 Å². The first-order valence-electron chi connectivity index (χ1n) is 12.3. The molecule has 2 aliphatic rings. The highest BCUT2D eigenvalue weighted by Crippen LogP contribution is 2.52. The number of methoxy groups -OCH3 is 1. The van der Waals surface area contributed by atoms with Crippen LogP contribution >= 0.6 is 23.2 Å². The fourth-order valence-electron chi connectivity index (χ4n) is 5.70. The van der Waals surface area contributed by atoms with Gasteiger partial charge < -0.3 is 9.64 Å². The Morgan fingerprint density at radius 2 is 1.87 bits per heavy atom. The van der Waals surface area contributed by atoms with Gasteiger partial charge in [0.25, 0.3) is 5.91 Å². The van der Waals surface area contributed by atoms with Gasteiger partial charge in [0.1, 0.15) is 17.0 Å². The molecule has 2 aromatic carbocycles. The van der Waals surface area contributed by atoms with Gasteiger partial charge in [-0.1, -0.05) is 46.6 Å². The first-order chi connectivity index (χ1) is 18.9. The van der Waals surface area contributed by atoms with E-state index in [0.717, 1.165) is 11.3 Å². The zero-order valence-corrected chi connectivity index (χ0v) is 22.4. The van der Waals surface area contributed by atoms with Crippen LogP contribution in [0.1, 0.15) is 29.2 Å². The van der Waals surface area contributed by atoms with Crippen molar-refractivity contribution in [3.8, 4) is 17.5 Å². The van der Waals surface area contributed by atoms with Crippen molar-refractivity contribution in [2.45, 2.75) is 24.4 Å². The van der Waals surface area contributed by atoms with Gasteiger partial charge in [0.05, 0.1) is 42.2 Å². The van der Waals surface area contributed by atoms with Gasteiger partial charge in [0.2, 0.25) is 0 Å². The predicted molar refractivity (Wildman–Crippen MR) is 147 cm³/mol. The van der Waals surface area contributed by atoms with Crippen molar-refractivity contribution in [2.24, 2.45) is 0 Å². The number of nitriles is 1. The van der Waals surface area contributed by atoms with E-state index in [0.29, 0.717) is 57.6 Å². The number of rotatable bonds is 6. The molecule has 0 spiro atoms. The van der Waals surface area contributed by atoms with Gasteiger partial charge in [-0.15, -0.1) is 5.10 Å². The number of hydrogen-bond acceptors (Lipinski definition) is 6. The van der Waals surface area contributed by atoms with Crippen molar-refractivity contribution in [3.05, 3.63) is 106 Å². The molecule has 0 saturated carbocycles. The summed E-state index contributed by atoms with van der Waals surface area (Å²) >= 11 is 12.6. The highest BCUT2D eigenvalue weighted by Gasteiger charge is 2.59. The maximum atomic E-state index is 14.1. The lowest BCUT2D eigenvalue weighted by molar-refractivity contribution is -0.126. The molecule has 0 aliphatic carbocycles. The van der Waals surface area contributed by atoms with Crippen LogP contribution in [0.15, 0.2) is 78.8 Å². The molecule has 1 fully saturated rings. The van der Waals surface area contributed by atoms with Crippen LogP contribution in [-0.2, 0) is 16.0 Å². The molecule has 0 radical (unpaired) electrons. The van der Waals surface area contributed by atoms with E-state index in [2.05, 4.69) is 21.4 Å². The number of carbonyl (C=O) groups is 1. The molecule has 1 amide bonds. The first kappa shape index (κ1) is 25.1. The largest absolute Gasteiger partial charge is 0.498 e. The molecular weight excluding hydrogens is 535 g/mol. The standard InChI is InChI=1S/C29H22Cl2N6O2/c1-39-27-26(20-10-21(30)12-22(31)11-20)28(38)36-16-23(37-17-25(34-35-37)24-4-2-3-9-33-24)14-29(27,36)13-18-5-7-19(15-32)8-6-18/h2-12,17,23H,13-14,16H2,1H3/t23-,29-/m0/s1. The second-order valence-electron chi connectivity index (χ2n) is 9.66. The number of ether oxygens (including phenoxy) is 1. The monoisotopic (exact) mass is 556 g/mol. The number of carbonyl (C=O) groups excluding carboxylic acids is 1. The number of hydrogen-bond donors (Lipinski definition) is 0. The summed E-state index contributed by atoms with van der Waals surface area (Å²) in [5.41, 5.74) is 3.20. The summed E-state index contributed by atoms with van der Waals surface area (Å²) < 4.78 is 7.85. The molecule has 8 nitrogen and oxygen atoms in total. The number of nitrogens with zero attached hydrogens (tertiary/aromatic N) is 6. The molecule has 194 valence electrons. The molecule has 1 saturated heterocycles. The maximum absolute atomic E-state index is 14.1. The van der Waals surface area contributed by atoms with E-state index in [1.807, 2.05) is 41.4 Å². The lowest BCUT2D eigenvalue weighted by Gasteiger charge is -2.34. The zero-order chi connectivity index (χ0) is 27.1. The minimum Gasteiger partial charge on any atom is -0.498 e. The van der Waals surface area contributed by atoms with Crippen molar-refractivity contribution in [1.29, 1.82) is 5.26 Å². The SMILES string of the molecule is COC1=C(c2cc(Cl)cc(Cl)c2)C(=O)N2C[C@@H](n3cc(-c4ccccn4)nn3)C[C@@]12Cc1ccc(C#N)cc1.